The SMILES string of the molecule is NNC(CCc1ccsc1)CSc1ccc(F)cc1. The first-order valence-electron chi connectivity index (χ1n) is 6.13. The molecule has 0 amide bonds. The molecule has 1 atom stereocenters. The van der Waals surface area contributed by atoms with E-state index in [0.29, 0.717) is 0 Å². The molecule has 19 heavy (non-hydrogen) atoms. The molecule has 1 heterocycles. The van der Waals surface area contributed by atoms with Crippen LogP contribution in [0.4, 0.5) is 4.39 Å². The monoisotopic (exact) mass is 296 g/mol. The van der Waals surface area contributed by atoms with Crippen LogP contribution >= 0.6 is 23.1 Å². The summed E-state index contributed by atoms with van der Waals surface area (Å²) in [6, 6.07) is 8.97. The summed E-state index contributed by atoms with van der Waals surface area (Å²) in [5.74, 6) is 6.26. The Bertz CT molecular complexity index is 471. The highest BCUT2D eigenvalue weighted by Crippen LogP contribution is 2.20. The zero-order valence-electron chi connectivity index (χ0n) is 10.5. The van der Waals surface area contributed by atoms with E-state index in [4.69, 9.17) is 5.84 Å². The van der Waals surface area contributed by atoms with Gasteiger partial charge in [-0.05, 0) is 59.5 Å². The molecule has 0 saturated carbocycles. The molecule has 102 valence electrons. The third kappa shape index (κ3) is 4.95. The number of aryl methyl sites for hydroxylation is 1. The Labute approximate surface area is 121 Å². The Morgan fingerprint density at radius 2 is 2.05 bits per heavy atom. The molecule has 0 radical (unpaired) electrons. The van der Waals surface area contributed by atoms with Gasteiger partial charge in [-0.1, -0.05) is 0 Å². The highest BCUT2D eigenvalue weighted by molar-refractivity contribution is 7.99. The van der Waals surface area contributed by atoms with Gasteiger partial charge in [0.15, 0.2) is 0 Å². The molecule has 1 aromatic carbocycles. The van der Waals surface area contributed by atoms with Crippen LogP contribution in [0.25, 0.3) is 0 Å². The maximum Gasteiger partial charge on any atom is 0.123 e. The first-order chi connectivity index (χ1) is 9.28. The molecule has 0 aliphatic heterocycles. The van der Waals surface area contributed by atoms with Gasteiger partial charge in [-0.15, -0.1) is 11.8 Å². The third-order valence-electron chi connectivity index (χ3n) is 2.86. The molecule has 2 aromatic rings. The van der Waals surface area contributed by atoms with Gasteiger partial charge in [-0.25, -0.2) is 4.39 Å². The van der Waals surface area contributed by atoms with E-state index in [1.165, 1.54) is 17.7 Å². The summed E-state index contributed by atoms with van der Waals surface area (Å²) in [5.41, 5.74) is 4.21. The van der Waals surface area contributed by atoms with E-state index in [0.717, 1.165) is 23.5 Å². The second kappa shape index (κ2) is 7.65. The Balaban J connectivity index is 1.77. The molecular formula is C14H17FN2S2. The number of benzene rings is 1. The van der Waals surface area contributed by atoms with Gasteiger partial charge in [0.25, 0.3) is 0 Å². The van der Waals surface area contributed by atoms with E-state index in [1.807, 2.05) is 0 Å². The molecule has 1 aromatic heterocycles. The van der Waals surface area contributed by atoms with E-state index < -0.39 is 0 Å². The predicted octanol–water partition coefficient (Wildman–Crippen LogP) is 3.44. The summed E-state index contributed by atoms with van der Waals surface area (Å²) in [7, 11) is 0. The van der Waals surface area contributed by atoms with Gasteiger partial charge in [0.05, 0.1) is 0 Å². The first-order valence-corrected chi connectivity index (χ1v) is 8.06. The third-order valence-corrected chi connectivity index (χ3v) is 4.77. The van der Waals surface area contributed by atoms with Crippen LogP contribution in [0.1, 0.15) is 12.0 Å². The molecule has 3 N–H and O–H groups in total. The standard InChI is InChI=1S/C14H17FN2S2/c15-12-2-5-14(6-3-12)19-10-13(17-16)4-1-11-7-8-18-9-11/h2-3,5-9,13,17H,1,4,10,16H2. The minimum atomic E-state index is -0.199. The summed E-state index contributed by atoms with van der Waals surface area (Å²) < 4.78 is 12.8. The van der Waals surface area contributed by atoms with Crippen molar-refractivity contribution in [2.45, 2.75) is 23.8 Å². The van der Waals surface area contributed by atoms with Crippen molar-refractivity contribution in [2.24, 2.45) is 5.84 Å². The average molecular weight is 296 g/mol. The molecule has 0 aliphatic rings. The lowest BCUT2D eigenvalue weighted by atomic mass is 10.1. The van der Waals surface area contributed by atoms with Crippen molar-refractivity contribution in [3.63, 3.8) is 0 Å². The van der Waals surface area contributed by atoms with Crippen LogP contribution in [-0.4, -0.2) is 11.8 Å². The maximum absolute atomic E-state index is 12.8. The topological polar surface area (TPSA) is 38.0 Å². The molecule has 0 aliphatic carbocycles. The largest absolute Gasteiger partial charge is 0.271 e. The Hall–Kier alpha value is -0.880. The average Bonchev–Trinajstić information content (AvgIpc) is 2.94. The zero-order valence-corrected chi connectivity index (χ0v) is 12.1. The van der Waals surface area contributed by atoms with Gasteiger partial charge in [-0.3, -0.25) is 11.3 Å². The summed E-state index contributed by atoms with van der Waals surface area (Å²) >= 11 is 3.41. The number of rotatable bonds is 7. The summed E-state index contributed by atoms with van der Waals surface area (Å²) in [6.07, 6.45) is 2.03. The van der Waals surface area contributed by atoms with Crippen molar-refractivity contribution >= 4 is 23.1 Å². The molecule has 0 bridgehead atoms. The fourth-order valence-corrected chi connectivity index (χ4v) is 3.41. The van der Waals surface area contributed by atoms with Crippen LogP contribution in [0.2, 0.25) is 0 Å². The zero-order chi connectivity index (χ0) is 13.5. The van der Waals surface area contributed by atoms with Crippen LogP contribution in [0.3, 0.4) is 0 Å². The van der Waals surface area contributed by atoms with Crippen LogP contribution in [0.15, 0.2) is 46.0 Å². The number of hydrogen-bond donors (Lipinski definition) is 2. The lowest BCUT2D eigenvalue weighted by Crippen LogP contribution is -2.37. The number of hydrazine groups is 1. The molecule has 0 spiro atoms. The number of hydrogen-bond acceptors (Lipinski definition) is 4. The highest BCUT2D eigenvalue weighted by Gasteiger charge is 2.08. The van der Waals surface area contributed by atoms with E-state index in [-0.39, 0.29) is 11.9 Å². The smallest absolute Gasteiger partial charge is 0.123 e. The molecule has 2 nitrogen and oxygen atoms in total. The summed E-state index contributed by atoms with van der Waals surface area (Å²) in [5, 5.41) is 4.26. The van der Waals surface area contributed by atoms with E-state index in [9.17, 15) is 4.39 Å². The number of nitrogens with one attached hydrogen (secondary N) is 1. The second-order valence-electron chi connectivity index (χ2n) is 4.30. The number of thiophene rings is 1. The summed E-state index contributed by atoms with van der Waals surface area (Å²) in [4.78, 5) is 1.07. The van der Waals surface area contributed by atoms with Crippen molar-refractivity contribution in [3.05, 3.63) is 52.5 Å². The molecule has 2 rings (SSSR count). The Morgan fingerprint density at radius 3 is 2.68 bits per heavy atom. The molecule has 0 fully saturated rings. The quantitative estimate of drug-likeness (QED) is 0.467. The van der Waals surface area contributed by atoms with Crippen LogP contribution in [-0.2, 0) is 6.42 Å². The minimum Gasteiger partial charge on any atom is -0.271 e. The molecule has 5 heteroatoms. The first kappa shape index (κ1) is 14.5. The number of halogens is 1. The van der Waals surface area contributed by atoms with E-state index in [1.54, 1.807) is 35.2 Å². The lowest BCUT2D eigenvalue weighted by Gasteiger charge is -2.15. The van der Waals surface area contributed by atoms with Gasteiger partial charge in [0.1, 0.15) is 5.82 Å². The van der Waals surface area contributed by atoms with Crippen molar-refractivity contribution in [1.82, 2.24) is 5.43 Å². The van der Waals surface area contributed by atoms with Crippen molar-refractivity contribution < 1.29 is 4.39 Å². The highest BCUT2D eigenvalue weighted by atomic mass is 32.2. The normalized spacial score (nSPS) is 12.5. The molecular weight excluding hydrogens is 279 g/mol. The van der Waals surface area contributed by atoms with Crippen molar-refractivity contribution in [1.29, 1.82) is 0 Å². The molecule has 0 saturated heterocycles. The van der Waals surface area contributed by atoms with Gasteiger partial charge >= 0.3 is 0 Å². The van der Waals surface area contributed by atoms with Gasteiger partial charge < -0.3 is 0 Å². The van der Waals surface area contributed by atoms with Crippen LogP contribution in [0.5, 0.6) is 0 Å². The van der Waals surface area contributed by atoms with Crippen molar-refractivity contribution in [2.75, 3.05) is 5.75 Å². The van der Waals surface area contributed by atoms with Crippen molar-refractivity contribution in [3.8, 4) is 0 Å². The fourth-order valence-electron chi connectivity index (χ4n) is 1.72. The fraction of sp³-hybridized carbons (Fsp3) is 0.286. The van der Waals surface area contributed by atoms with E-state index in [2.05, 4.69) is 22.3 Å². The summed E-state index contributed by atoms with van der Waals surface area (Å²) in [6.45, 7) is 0. The number of nitrogens with two attached hydrogens (primary N) is 1. The number of thioether (sulfide) groups is 1. The van der Waals surface area contributed by atoms with Gasteiger partial charge in [0.2, 0.25) is 0 Å². The minimum absolute atomic E-state index is 0.199. The molecule has 1 unspecified atom stereocenters. The van der Waals surface area contributed by atoms with Crippen LogP contribution < -0.4 is 11.3 Å². The second-order valence-corrected chi connectivity index (χ2v) is 6.17. The Morgan fingerprint density at radius 1 is 1.26 bits per heavy atom. The Kier molecular flexibility index (Phi) is 5.85. The maximum atomic E-state index is 12.8. The van der Waals surface area contributed by atoms with Gasteiger partial charge in [-0.2, -0.15) is 11.3 Å². The van der Waals surface area contributed by atoms with Gasteiger partial charge in [0, 0.05) is 16.7 Å². The predicted molar refractivity (Wildman–Crippen MR) is 80.9 cm³/mol. The van der Waals surface area contributed by atoms with Crippen LogP contribution in [0, 0.1) is 5.82 Å². The lowest BCUT2D eigenvalue weighted by molar-refractivity contribution is 0.539. The van der Waals surface area contributed by atoms with E-state index >= 15 is 0 Å².